The molecule has 1 atom stereocenters. The Balaban J connectivity index is 1.83. The van der Waals surface area contributed by atoms with Gasteiger partial charge in [-0.2, -0.15) is 4.98 Å². The molecule has 7 heteroatoms. The molecule has 1 aliphatic heterocycles. The fraction of sp³-hybridized carbons (Fsp3) is 0.857. The number of aliphatic hydroxyl groups is 1. The van der Waals surface area contributed by atoms with E-state index in [1.165, 1.54) is 0 Å². The van der Waals surface area contributed by atoms with Crippen molar-refractivity contribution in [3.63, 3.8) is 0 Å². The van der Waals surface area contributed by atoms with E-state index in [0.717, 1.165) is 18.7 Å². The van der Waals surface area contributed by atoms with Gasteiger partial charge in [0.05, 0.1) is 31.9 Å². The van der Waals surface area contributed by atoms with E-state index in [2.05, 4.69) is 28.9 Å². The molecule has 1 aromatic heterocycles. The van der Waals surface area contributed by atoms with E-state index in [9.17, 15) is 5.11 Å². The summed E-state index contributed by atoms with van der Waals surface area (Å²) in [7, 11) is 0. The molecule has 0 radical (unpaired) electrons. The number of morpholine rings is 1. The molecule has 2 aliphatic rings. The first kappa shape index (κ1) is 14.9. The summed E-state index contributed by atoms with van der Waals surface area (Å²) in [5, 5.41) is 13.9. The third-order valence-corrected chi connectivity index (χ3v) is 4.51. The van der Waals surface area contributed by atoms with Crippen LogP contribution in [0.5, 0.6) is 0 Å². The zero-order valence-corrected chi connectivity index (χ0v) is 12.7. The zero-order valence-electron chi connectivity index (χ0n) is 12.7. The maximum absolute atomic E-state index is 9.86. The third-order valence-electron chi connectivity index (χ3n) is 4.51. The van der Waals surface area contributed by atoms with E-state index < -0.39 is 5.54 Å². The molecule has 1 unspecified atom stereocenters. The van der Waals surface area contributed by atoms with Crippen LogP contribution in [-0.4, -0.2) is 57.6 Å². The van der Waals surface area contributed by atoms with E-state index in [1.807, 2.05) is 0 Å². The molecule has 21 heavy (non-hydrogen) atoms. The lowest BCUT2D eigenvalue weighted by Gasteiger charge is -2.53. The van der Waals surface area contributed by atoms with Gasteiger partial charge >= 0.3 is 0 Å². The first-order chi connectivity index (χ1) is 10.0. The maximum atomic E-state index is 9.86. The normalized spacial score (nSPS) is 29.7. The molecule has 1 aromatic rings. The standard InChI is InChI=1S/C14H24N4O3/c1-13(2)8-20-9-14(6-15,7-19)18(13)5-11-16-12(21-17-11)10-3-4-10/h10,19H,3-9,15H2,1-2H3. The summed E-state index contributed by atoms with van der Waals surface area (Å²) in [6.45, 7) is 5.92. The van der Waals surface area contributed by atoms with Gasteiger partial charge in [-0.3, -0.25) is 4.90 Å². The fourth-order valence-electron chi connectivity index (χ4n) is 3.00. The topological polar surface area (TPSA) is 97.6 Å². The van der Waals surface area contributed by atoms with Crippen LogP contribution in [0.2, 0.25) is 0 Å². The quantitative estimate of drug-likeness (QED) is 0.803. The molecule has 1 saturated carbocycles. The molecule has 0 spiro atoms. The number of ether oxygens (including phenoxy) is 1. The monoisotopic (exact) mass is 296 g/mol. The first-order valence-electron chi connectivity index (χ1n) is 7.50. The van der Waals surface area contributed by atoms with Gasteiger partial charge in [0.15, 0.2) is 5.82 Å². The number of hydrogen-bond donors (Lipinski definition) is 2. The summed E-state index contributed by atoms with van der Waals surface area (Å²) < 4.78 is 11.0. The molecule has 0 aromatic carbocycles. The maximum Gasteiger partial charge on any atom is 0.229 e. The summed E-state index contributed by atoms with van der Waals surface area (Å²) >= 11 is 0. The lowest BCUT2D eigenvalue weighted by atomic mass is 9.89. The minimum atomic E-state index is -0.595. The van der Waals surface area contributed by atoms with Crippen LogP contribution in [0, 0.1) is 0 Å². The van der Waals surface area contributed by atoms with Crippen molar-refractivity contribution in [3.05, 3.63) is 11.7 Å². The molecule has 118 valence electrons. The summed E-state index contributed by atoms with van der Waals surface area (Å²) in [6, 6.07) is 0. The molecule has 0 amide bonds. The first-order valence-corrected chi connectivity index (χ1v) is 7.50. The number of nitrogens with zero attached hydrogens (tertiary/aromatic N) is 3. The summed E-state index contributed by atoms with van der Waals surface area (Å²) in [5.74, 6) is 1.83. The van der Waals surface area contributed by atoms with E-state index in [0.29, 0.717) is 38.0 Å². The molecular formula is C14H24N4O3. The van der Waals surface area contributed by atoms with Gasteiger partial charge in [0.2, 0.25) is 5.89 Å². The number of nitrogens with two attached hydrogens (primary N) is 1. The van der Waals surface area contributed by atoms with Crippen molar-refractivity contribution in [1.82, 2.24) is 15.0 Å². The Bertz CT molecular complexity index is 494. The minimum absolute atomic E-state index is 0.0553. The van der Waals surface area contributed by atoms with Crippen LogP contribution in [0.15, 0.2) is 4.52 Å². The molecule has 7 nitrogen and oxygen atoms in total. The van der Waals surface area contributed by atoms with Gasteiger partial charge in [0.25, 0.3) is 0 Å². The highest BCUT2D eigenvalue weighted by atomic mass is 16.5. The Morgan fingerprint density at radius 2 is 2.14 bits per heavy atom. The average Bonchev–Trinajstić information content (AvgIpc) is 3.21. The molecule has 2 fully saturated rings. The number of aromatic nitrogens is 2. The zero-order chi connectivity index (χ0) is 15.1. The predicted octanol–water partition coefficient (Wildman–Crippen LogP) is 0.248. The van der Waals surface area contributed by atoms with Gasteiger partial charge in [0.1, 0.15) is 0 Å². The van der Waals surface area contributed by atoms with Crippen LogP contribution < -0.4 is 5.73 Å². The second kappa shape index (κ2) is 5.31. The molecule has 2 heterocycles. The molecule has 1 aliphatic carbocycles. The summed E-state index contributed by atoms with van der Waals surface area (Å²) in [5.41, 5.74) is 5.09. The van der Waals surface area contributed by atoms with Crippen LogP contribution in [0.4, 0.5) is 0 Å². The fourth-order valence-corrected chi connectivity index (χ4v) is 3.00. The van der Waals surface area contributed by atoms with Gasteiger partial charge in [0, 0.05) is 18.0 Å². The number of aliphatic hydroxyl groups excluding tert-OH is 1. The van der Waals surface area contributed by atoms with Crippen molar-refractivity contribution >= 4 is 0 Å². The summed E-state index contributed by atoms with van der Waals surface area (Å²) in [4.78, 5) is 6.64. The van der Waals surface area contributed by atoms with Crippen LogP contribution in [-0.2, 0) is 11.3 Å². The van der Waals surface area contributed by atoms with Crippen LogP contribution in [0.1, 0.15) is 44.3 Å². The van der Waals surface area contributed by atoms with Crippen molar-refractivity contribution < 1.29 is 14.4 Å². The third kappa shape index (κ3) is 2.70. The lowest BCUT2D eigenvalue weighted by molar-refractivity contribution is -0.157. The second-order valence-electron chi connectivity index (χ2n) is 6.80. The van der Waals surface area contributed by atoms with E-state index in [-0.39, 0.29) is 12.1 Å². The molecule has 1 saturated heterocycles. The van der Waals surface area contributed by atoms with Gasteiger partial charge in [-0.05, 0) is 26.7 Å². The highest BCUT2D eigenvalue weighted by Gasteiger charge is 2.47. The van der Waals surface area contributed by atoms with E-state index >= 15 is 0 Å². The van der Waals surface area contributed by atoms with E-state index in [4.69, 9.17) is 15.0 Å². The van der Waals surface area contributed by atoms with Crippen molar-refractivity contribution in [2.45, 2.75) is 50.2 Å². The van der Waals surface area contributed by atoms with E-state index in [1.54, 1.807) is 0 Å². The predicted molar refractivity (Wildman–Crippen MR) is 75.6 cm³/mol. The average molecular weight is 296 g/mol. The molecule has 3 rings (SSSR count). The number of rotatable bonds is 5. The van der Waals surface area contributed by atoms with Gasteiger partial charge in [-0.1, -0.05) is 5.16 Å². The highest BCUT2D eigenvalue weighted by Crippen LogP contribution is 2.39. The van der Waals surface area contributed by atoms with Crippen molar-refractivity contribution in [2.24, 2.45) is 5.73 Å². The lowest BCUT2D eigenvalue weighted by Crippen LogP contribution is -2.70. The summed E-state index contributed by atoms with van der Waals surface area (Å²) in [6.07, 6.45) is 2.27. The highest BCUT2D eigenvalue weighted by molar-refractivity contribution is 5.06. The van der Waals surface area contributed by atoms with Crippen LogP contribution in [0.25, 0.3) is 0 Å². The molecule has 3 N–H and O–H groups in total. The SMILES string of the molecule is CC1(C)COCC(CN)(CO)N1Cc1noc(C2CC2)n1. The molecular weight excluding hydrogens is 272 g/mol. The number of hydrogen-bond acceptors (Lipinski definition) is 7. The van der Waals surface area contributed by atoms with Crippen LogP contribution >= 0.6 is 0 Å². The van der Waals surface area contributed by atoms with Crippen molar-refractivity contribution in [1.29, 1.82) is 0 Å². The van der Waals surface area contributed by atoms with Gasteiger partial charge in [-0.15, -0.1) is 0 Å². The Hall–Kier alpha value is -1.02. The Kier molecular flexibility index (Phi) is 3.77. The smallest absolute Gasteiger partial charge is 0.229 e. The van der Waals surface area contributed by atoms with Crippen molar-refractivity contribution in [3.8, 4) is 0 Å². The Morgan fingerprint density at radius 3 is 2.76 bits per heavy atom. The van der Waals surface area contributed by atoms with Crippen LogP contribution in [0.3, 0.4) is 0 Å². The van der Waals surface area contributed by atoms with Gasteiger partial charge in [-0.25, -0.2) is 0 Å². The Morgan fingerprint density at radius 1 is 1.38 bits per heavy atom. The largest absolute Gasteiger partial charge is 0.394 e. The van der Waals surface area contributed by atoms with Gasteiger partial charge < -0.3 is 20.1 Å². The molecule has 0 bridgehead atoms. The van der Waals surface area contributed by atoms with Crippen molar-refractivity contribution in [2.75, 3.05) is 26.4 Å². The second-order valence-corrected chi connectivity index (χ2v) is 6.80. The minimum Gasteiger partial charge on any atom is -0.394 e. The Labute approximate surface area is 124 Å².